The first kappa shape index (κ1) is 22.4. The number of para-hydroxylation sites is 1. The van der Waals surface area contributed by atoms with E-state index in [1.807, 2.05) is 0 Å². The van der Waals surface area contributed by atoms with Gasteiger partial charge in [0.2, 0.25) is 6.67 Å². The first-order valence-corrected chi connectivity index (χ1v) is 14.0. The van der Waals surface area contributed by atoms with E-state index in [1.165, 1.54) is 32.0 Å². The summed E-state index contributed by atoms with van der Waals surface area (Å²) in [4.78, 5) is 2.45. The molecule has 5 rings (SSSR count). The second kappa shape index (κ2) is 8.73. The fourth-order valence-corrected chi connectivity index (χ4v) is 10.4. The van der Waals surface area contributed by atoms with Crippen molar-refractivity contribution in [1.82, 2.24) is 0 Å². The Bertz CT molecular complexity index is 1210. The zero-order valence-corrected chi connectivity index (χ0v) is 21.6. The van der Waals surface area contributed by atoms with Gasteiger partial charge in [-0.25, -0.2) is 4.58 Å². The van der Waals surface area contributed by atoms with Crippen LogP contribution in [0.2, 0.25) is 0 Å². The molecule has 1 heterocycles. The molecule has 0 bridgehead atoms. The van der Waals surface area contributed by atoms with E-state index in [9.17, 15) is 0 Å². The molecule has 0 amide bonds. The van der Waals surface area contributed by atoms with Gasteiger partial charge in [0.1, 0.15) is 0 Å². The fourth-order valence-electron chi connectivity index (χ4n) is 5.34. The van der Waals surface area contributed by atoms with E-state index in [1.54, 1.807) is 0 Å². The molecule has 0 atom stereocenters. The lowest BCUT2D eigenvalue weighted by molar-refractivity contribution is -0.592. The lowest BCUT2D eigenvalue weighted by Crippen LogP contribution is -2.75. The molecule has 34 heavy (non-hydrogen) atoms. The lowest BCUT2D eigenvalue weighted by atomic mass is 10.1. The molecule has 0 radical (unpaired) electrons. The minimum Gasteiger partial charge on any atom is -0.319 e. The number of fused-ring (bicyclic) bond motifs is 1. The number of benzene rings is 4. The first-order valence-electron chi connectivity index (χ1n) is 12.0. The highest BCUT2D eigenvalue weighted by Crippen LogP contribution is 2.25. The molecule has 2 nitrogen and oxygen atoms in total. The van der Waals surface area contributed by atoms with Gasteiger partial charge in [-0.15, -0.1) is 0 Å². The van der Waals surface area contributed by atoms with Crippen molar-refractivity contribution in [2.24, 2.45) is 0 Å². The summed E-state index contributed by atoms with van der Waals surface area (Å²) >= 11 is 0. The summed E-state index contributed by atoms with van der Waals surface area (Å²) in [5.74, 6) is 0. The highest BCUT2D eigenvalue weighted by molar-refractivity contribution is 7.20. The maximum atomic E-state index is 2.45. The Balaban J connectivity index is 1.91. The molecule has 1 aliphatic rings. The van der Waals surface area contributed by atoms with Crippen molar-refractivity contribution in [1.29, 1.82) is 0 Å². The topological polar surface area (TPSA) is 6.25 Å². The largest absolute Gasteiger partial charge is 0.319 e. The Kier molecular flexibility index (Phi) is 5.74. The molecule has 0 spiro atoms. The standard InChI is InChI=1S/C31H33N2Si/c1-31(2,3)33-23-25-15-14-22-29(30(25)32(4)24-33)34(26-16-8-5-9-17-26,27-18-10-6-11-19-27)28-20-12-7-13-21-28/h5-23H,24H2,1-4H3/q+1. The van der Waals surface area contributed by atoms with Gasteiger partial charge in [-0.1, -0.05) is 103 Å². The van der Waals surface area contributed by atoms with Gasteiger partial charge in [0.25, 0.3) is 0 Å². The average Bonchev–Trinajstić information content (AvgIpc) is 2.86. The van der Waals surface area contributed by atoms with Crippen molar-refractivity contribution < 1.29 is 4.58 Å². The maximum absolute atomic E-state index is 2.57. The van der Waals surface area contributed by atoms with Gasteiger partial charge >= 0.3 is 0 Å². The molecule has 0 N–H and O–H groups in total. The summed E-state index contributed by atoms with van der Waals surface area (Å²) < 4.78 is 2.44. The van der Waals surface area contributed by atoms with Gasteiger partial charge in [-0.2, -0.15) is 0 Å². The van der Waals surface area contributed by atoms with Crippen molar-refractivity contribution in [2.75, 3.05) is 18.6 Å². The number of hydrogen-bond donors (Lipinski definition) is 0. The Labute approximate surface area is 204 Å². The minimum atomic E-state index is -2.57. The van der Waals surface area contributed by atoms with Crippen LogP contribution < -0.4 is 25.6 Å². The molecular formula is C31H33N2Si+. The lowest BCUT2D eigenvalue weighted by Gasteiger charge is -2.39. The van der Waals surface area contributed by atoms with Crippen LogP contribution in [0.3, 0.4) is 0 Å². The molecule has 3 heteroatoms. The predicted molar refractivity (Wildman–Crippen MR) is 149 cm³/mol. The summed E-state index contributed by atoms with van der Waals surface area (Å²) in [6.07, 6.45) is 2.36. The number of anilines is 1. The van der Waals surface area contributed by atoms with Crippen LogP contribution in [0.15, 0.2) is 109 Å². The van der Waals surface area contributed by atoms with E-state index in [2.05, 4.69) is 153 Å². The van der Waals surface area contributed by atoms with E-state index in [0.717, 1.165) is 6.67 Å². The van der Waals surface area contributed by atoms with Crippen molar-refractivity contribution in [3.8, 4) is 0 Å². The Morgan fingerprint density at radius 3 is 1.56 bits per heavy atom. The van der Waals surface area contributed by atoms with Crippen molar-refractivity contribution >= 4 is 40.7 Å². The van der Waals surface area contributed by atoms with Gasteiger partial charge in [0, 0.05) is 7.05 Å². The summed E-state index contributed by atoms with van der Waals surface area (Å²) in [6, 6.07) is 40.4. The van der Waals surface area contributed by atoms with Gasteiger partial charge < -0.3 is 4.90 Å². The highest BCUT2D eigenvalue weighted by atomic mass is 28.3. The van der Waals surface area contributed by atoms with Crippen LogP contribution in [-0.2, 0) is 0 Å². The van der Waals surface area contributed by atoms with Crippen LogP contribution in [0.5, 0.6) is 0 Å². The SMILES string of the molecule is CN1C[N+](C(C)(C)C)=Cc2cccc([Si](c3ccccc3)(c3ccccc3)c3ccccc3)c21. The third-order valence-electron chi connectivity index (χ3n) is 6.99. The summed E-state index contributed by atoms with van der Waals surface area (Å²) in [6.45, 7) is 7.71. The summed E-state index contributed by atoms with van der Waals surface area (Å²) in [7, 11) is -0.325. The molecule has 0 aromatic heterocycles. The second-order valence-electron chi connectivity index (χ2n) is 10.2. The number of nitrogens with zero attached hydrogens (tertiary/aromatic N) is 2. The van der Waals surface area contributed by atoms with E-state index >= 15 is 0 Å². The normalized spacial score (nSPS) is 13.9. The molecule has 0 saturated heterocycles. The second-order valence-corrected chi connectivity index (χ2v) is 14.0. The van der Waals surface area contributed by atoms with E-state index < -0.39 is 8.07 Å². The van der Waals surface area contributed by atoms with E-state index in [4.69, 9.17) is 0 Å². The first-order chi connectivity index (χ1) is 16.4. The molecule has 0 unspecified atom stereocenters. The van der Waals surface area contributed by atoms with Gasteiger partial charge in [0.15, 0.2) is 19.8 Å². The highest BCUT2D eigenvalue weighted by Gasteiger charge is 2.45. The van der Waals surface area contributed by atoms with Crippen LogP contribution in [0, 0.1) is 0 Å². The summed E-state index contributed by atoms with van der Waals surface area (Å²) in [5, 5.41) is 5.67. The third-order valence-corrected chi connectivity index (χ3v) is 11.8. The van der Waals surface area contributed by atoms with Crippen molar-refractivity contribution in [2.45, 2.75) is 26.3 Å². The Morgan fingerprint density at radius 1 is 0.647 bits per heavy atom. The molecule has 4 aromatic carbocycles. The molecule has 4 aromatic rings. The molecule has 0 saturated carbocycles. The third kappa shape index (κ3) is 3.70. The number of rotatable bonds is 4. The van der Waals surface area contributed by atoms with Gasteiger partial charge in [-0.3, -0.25) is 0 Å². The quantitative estimate of drug-likeness (QED) is 0.255. The monoisotopic (exact) mass is 461 g/mol. The molecule has 1 aliphatic heterocycles. The number of hydrogen-bond acceptors (Lipinski definition) is 1. The van der Waals surface area contributed by atoms with Crippen LogP contribution >= 0.6 is 0 Å². The predicted octanol–water partition coefficient (Wildman–Crippen LogP) is 3.70. The van der Waals surface area contributed by atoms with Gasteiger partial charge in [-0.05, 0) is 47.6 Å². The summed E-state index contributed by atoms with van der Waals surface area (Å²) in [5.41, 5.74) is 2.71. The molecule has 170 valence electrons. The molecule has 0 fully saturated rings. The zero-order valence-electron chi connectivity index (χ0n) is 20.6. The Hall–Kier alpha value is -3.43. The molecule has 0 aliphatic carbocycles. The van der Waals surface area contributed by atoms with Gasteiger partial charge in [0.05, 0.1) is 11.3 Å². The Morgan fingerprint density at radius 2 is 1.12 bits per heavy atom. The van der Waals surface area contributed by atoms with E-state index in [0.29, 0.717) is 0 Å². The maximum Gasteiger partial charge on any atom is 0.218 e. The van der Waals surface area contributed by atoms with Crippen LogP contribution in [0.25, 0.3) is 0 Å². The smallest absolute Gasteiger partial charge is 0.218 e. The van der Waals surface area contributed by atoms with Crippen molar-refractivity contribution in [3.05, 3.63) is 115 Å². The fraction of sp³-hybridized carbons (Fsp3) is 0.194. The van der Waals surface area contributed by atoms with Crippen LogP contribution in [0.1, 0.15) is 26.3 Å². The average molecular weight is 462 g/mol. The molecular weight excluding hydrogens is 428 g/mol. The van der Waals surface area contributed by atoms with Crippen molar-refractivity contribution in [3.63, 3.8) is 0 Å². The van der Waals surface area contributed by atoms with Crippen LogP contribution in [-0.4, -0.2) is 38.1 Å². The minimum absolute atomic E-state index is 0.0642. The zero-order chi connectivity index (χ0) is 23.8. The van der Waals surface area contributed by atoms with E-state index in [-0.39, 0.29) is 5.54 Å². The van der Waals surface area contributed by atoms with Crippen LogP contribution in [0.4, 0.5) is 5.69 Å².